The fraction of sp³-hybridized carbons (Fsp3) is 0.500. The average molecular weight is 298 g/mol. The van der Waals surface area contributed by atoms with Crippen molar-refractivity contribution >= 4 is 33.3 Å². The molecule has 1 fully saturated rings. The molecule has 1 amide bonds. The number of rotatable bonds is 3. The Bertz CT molecular complexity index is 422. The molecule has 1 aliphatic heterocycles. The summed E-state index contributed by atoms with van der Waals surface area (Å²) in [5, 5.41) is 0.868. The molecule has 1 aliphatic rings. The van der Waals surface area contributed by atoms with E-state index in [1.165, 1.54) is 0 Å². The van der Waals surface area contributed by atoms with Gasteiger partial charge in [0.05, 0.1) is 5.69 Å². The molecule has 1 aromatic heterocycles. The van der Waals surface area contributed by atoms with Gasteiger partial charge in [0.25, 0.3) is 0 Å². The summed E-state index contributed by atoms with van der Waals surface area (Å²) in [5.74, 6) is 1.43. The fourth-order valence-electron chi connectivity index (χ4n) is 2.06. The standard InChI is InChI=1S/C12H16BrN3O/c1-15(2)12-10(4-3-5-14-12)16-8-9(7-13)6-11(16)17/h3-5,9H,6-8H2,1-2H3. The number of hydrogen-bond acceptors (Lipinski definition) is 3. The smallest absolute Gasteiger partial charge is 0.227 e. The Morgan fingerprint density at radius 2 is 2.35 bits per heavy atom. The van der Waals surface area contributed by atoms with Gasteiger partial charge in [0.15, 0.2) is 5.82 Å². The molecule has 0 bridgehead atoms. The zero-order chi connectivity index (χ0) is 12.4. The fourth-order valence-corrected chi connectivity index (χ4v) is 2.50. The minimum atomic E-state index is 0.186. The molecule has 0 radical (unpaired) electrons. The molecule has 0 aromatic carbocycles. The molecule has 4 nitrogen and oxygen atoms in total. The number of anilines is 2. The molecule has 17 heavy (non-hydrogen) atoms. The molecule has 1 atom stereocenters. The number of carbonyl (C=O) groups excluding carboxylic acids is 1. The third-order valence-electron chi connectivity index (χ3n) is 2.90. The molecular formula is C12H16BrN3O. The van der Waals surface area contributed by atoms with Gasteiger partial charge in [-0.25, -0.2) is 4.98 Å². The van der Waals surface area contributed by atoms with Crippen molar-refractivity contribution in [1.29, 1.82) is 0 Å². The molecule has 0 spiro atoms. The molecule has 92 valence electrons. The minimum Gasteiger partial charge on any atom is -0.361 e. The monoisotopic (exact) mass is 297 g/mol. The van der Waals surface area contributed by atoms with Crippen LogP contribution in [0.15, 0.2) is 18.3 Å². The van der Waals surface area contributed by atoms with Gasteiger partial charge < -0.3 is 9.80 Å². The molecule has 0 saturated carbocycles. The Hall–Kier alpha value is -1.10. The topological polar surface area (TPSA) is 36.4 Å². The first-order chi connectivity index (χ1) is 8.13. The van der Waals surface area contributed by atoms with Crippen LogP contribution in [0.4, 0.5) is 11.5 Å². The van der Waals surface area contributed by atoms with Crippen molar-refractivity contribution in [2.24, 2.45) is 5.92 Å². The number of carbonyl (C=O) groups is 1. The minimum absolute atomic E-state index is 0.186. The first-order valence-corrected chi connectivity index (χ1v) is 6.74. The predicted molar refractivity (Wildman–Crippen MR) is 72.8 cm³/mol. The summed E-state index contributed by atoms with van der Waals surface area (Å²) in [7, 11) is 3.88. The van der Waals surface area contributed by atoms with Gasteiger partial charge in [0.2, 0.25) is 5.91 Å². The van der Waals surface area contributed by atoms with Gasteiger partial charge in [-0.2, -0.15) is 0 Å². The maximum absolute atomic E-state index is 12.0. The zero-order valence-corrected chi connectivity index (χ0v) is 11.6. The second kappa shape index (κ2) is 5.04. The third kappa shape index (κ3) is 2.44. The van der Waals surface area contributed by atoms with Crippen molar-refractivity contribution in [3.8, 4) is 0 Å². The van der Waals surface area contributed by atoms with Crippen LogP contribution in [0, 0.1) is 5.92 Å². The molecule has 0 aliphatic carbocycles. The Kier molecular flexibility index (Phi) is 3.66. The second-order valence-electron chi connectivity index (χ2n) is 4.47. The van der Waals surface area contributed by atoms with Crippen LogP contribution in [0.3, 0.4) is 0 Å². The quantitative estimate of drug-likeness (QED) is 0.800. The van der Waals surface area contributed by atoms with E-state index in [9.17, 15) is 4.79 Å². The number of aromatic nitrogens is 1. The molecule has 5 heteroatoms. The van der Waals surface area contributed by atoms with E-state index in [2.05, 4.69) is 20.9 Å². The summed E-state index contributed by atoms with van der Waals surface area (Å²) < 4.78 is 0. The normalized spacial score (nSPS) is 19.8. The summed E-state index contributed by atoms with van der Waals surface area (Å²) in [5.41, 5.74) is 0.908. The van der Waals surface area contributed by atoms with E-state index >= 15 is 0 Å². The highest BCUT2D eigenvalue weighted by molar-refractivity contribution is 9.09. The molecule has 1 aromatic rings. The van der Waals surface area contributed by atoms with Crippen molar-refractivity contribution in [2.75, 3.05) is 35.8 Å². The number of alkyl halides is 1. The molecule has 1 saturated heterocycles. The van der Waals surface area contributed by atoms with Gasteiger partial charge in [-0.3, -0.25) is 4.79 Å². The lowest BCUT2D eigenvalue weighted by molar-refractivity contribution is -0.117. The first kappa shape index (κ1) is 12.4. The number of amides is 1. The number of halogens is 1. The number of nitrogens with zero attached hydrogens (tertiary/aromatic N) is 3. The Morgan fingerprint density at radius 3 is 2.94 bits per heavy atom. The lowest BCUT2D eigenvalue weighted by atomic mass is 10.2. The van der Waals surface area contributed by atoms with E-state index < -0.39 is 0 Å². The SMILES string of the molecule is CN(C)c1ncccc1N1CC(CBr)CC1=O. The van der Waals surface area contributed by atoms with Gasteiger partial charge in [-0.15, -0.1) is 0 Å². The van der Waals surface area contributed by atoms with Crippen molar-refractivity contribution in [3.05, 3.63) is 18.3 Å². The van der Waals surface area contributed by atoms with Crippen molar-refractivity contribution in [3.63, 3.8) is 0 Å². The highest BCUT2D eigenvalue weighted by atomic mass is 79.9. The maximum atomic E-state index is 12.0. The highest BCUT2D eigenvalue weighted by Gasteiger charge is 2.31. The zero-order valence-electron chi connectivity index (χ0n) is 10.1. The van der Waals surface area contributed by atoms with Gasteiger partial charge in [-0.05, 0) is 18.1 Å². The van der Waals surface area contributed by atoms with Crippen LogP contribution in [-0.4, -0.2) is 36.9 Å². The number of hydrogen-bond donors (Lipinski definition) is 0. The molecule has 2 heterocycles. The van der Waals surface area contributed by atoms with Crippen LogP contribution < -0.4 is 9.80 Å². The summed E-state index contributed by atoms with van der Waals surface area (Å²) in [6.45, 7) is 0.774. The Balaban J connectivity index is 2.31. The van der Waals surface area contributed by atoms with E-state index in [4.69, 9.17) is 0 Å². The van der Waals surface area contributed by atoms with Crippen LogP contribution in [0.25, 0.3) is 0 Å². The second-order valence-corrected chi connectivity index (χ2v) is 5.12. The third-order valence-corrected chi connectivity index (χ3v) is 3.82. The van der Waals surface area contributed by atoms with Crippen LogP contribution in [0.5, 0.6) is 0 Å². The van der Waals surface area contributed by atoms with E-state index in [1.807, 2.05) is 36.0 Å². The van der Waals surface area contributed by atoms with E-state index in [-0.39, 0.29) is 5.91 Å². The van der Waals surface area contributed by atoms with Gasteiger partial charge in [0, 0.05) is 38.6 Å². The van der Waals surface area contributed by atoms with Gasteiger partial charge >= 0.3 is 0 Å². The summed E-state index contributed by atoms with van der Waals surface area (Å²) in [6.07, 6.45) is 2.37. The van der Waals surface area contributed by atoms with E-state index in [0.717, 1.165) is 23.4 Å². The maximum Gasteiger partial charge on any atom is 0.227 e. The predicted octanol–water partition coefficient (Wildman–Crippen LogP) is 1.90. The van der Waals surface area contributed by atoms with Crippen molar-refractivity contribution < 1.29 is 4.79 Å². The van der Waals surface area contributed by atoms with Crippen LogP contribution in [0.2, 0.25) is 0 Å². The van der Waals surface area contributed by atoms with Crippen LogP contribution >= 0.6 is 15.9 Å². The molecule has 1 unspecified atom stereocenters. The Labute approximate surface area is 110 Å². The Morgan fingerprint density at radius 1 is 1.59 bits per heavy atom. The average Bonchev–Trinajstić information content (AvgIpc) is 2.70. The van der Waals surface area contributed by atoms with Gasteiger partial charge in [0.1, 0.15) is 0 Å². The lowest BCUT2D eigenvalue weighted by Gasteiger charge is -2.22. The molecule has 2 rings (SSSR count). The van der Waals surface area contributed by atoms with Crippen LogP contribution in [0.1, 0.15) is 6.42 Å². The molecule has 0 N–H and O–H groups in total. The number of pyridine rings is 1. The summed E-state index contributed by atoms with van der Waals surface area (Å²) >= 11 is 3.45. The van der Waals surface area contributed by atoms with Crippen molar-refractivity contribution in [2.45, 2.75) is 6.42 Å². The lowest BCUT2D eigenvalue weighted by Crippen LogP contribution is -2.27. The van der Waals surface area contributed by atoms with E-state index in [1.54, 1.807) is 6.20 Å². The highest BCUT2D eigenvalue weighted by Crippen LogP contribution is 2.31. The van der Waals surface area contributed by atoms with Crippen molar-refractivity contribution in [1.82, 2.24) is 4.98 Å². The summed E-state index contributed by atoms with van der Waals surface area (Å²) in [4.78, 5) is 20.1. The van der Waals surface area contributed by atoms with E-state index in [0.29, 0.717) is 12.3 Å². The summed E-state index contributed by atoms with van der Waals surface area (Å²) in [6, 6.07) is 3.83. The largest absolute Gasteiger partial charge is 0.361 e. The van der Waals surface area contributed by atoms with Crippen LogP contribution in [-0.2, 0) is 4.79 Å². The van der Waals surface area contributed by atoms with Gasteiger partial charge in [-0.1, -0.05) is 15.9 Å². The molecular weight excluding hydrogens is 282 g/mol. The first-order valence-electron chi connectivity index (χ1n) is 5.62.